The van der Waals surface area contributed by atoms with Gasteiger partial charge >= 0.3 is 0 Å². The zero-order valence-corrected chi connectivity index (χ0v) is 8.46. The molecule has 0 aliphatic rings. The van der Waals surface area contributed by atoms with Gasteiger partial charge < -0.3 is 0 Å². The molecule has 0 aliphatic heterocycles. The van der Waals surface area contributed by atoms with Crippen molar-refractivity contribution in [2.45, 2.75) is 0 Å². The average molecular weight is 219 g/mol. The van der Waals surface area contributed by atoms with Crippen molar-refractivity contribution in [1.29, 1.82) is 0 Å². The molecule has 0 radical (unpaired) electrons. The molecule has 0 saturated heterocycles. The molecule has 74 valence electrons. The Balaban J connectivity index is 2.21. The summed E-state index contributed by atoms with van der Waals surface area (Å²) >= 11 is 1.48. The molecule has 2 heterocycles. The van der Waals surface area contributed by atoms with Crippen molar-refractivity contribution in [3.05, 3.63) is 47.8 Å². The van der Waals surface area contributed by atoms with Crippen LogP contribution >= 0.6 is 11.3 Å². The summed E-state index contributed by atoms with van der Waals surface area (Å²) in [5, 5.41) is 1.88. The minimum absolute atomic E-state index is 0.281. The molecule has 0 bridgehead atoms. The SMILES string of the molecule is [2H]c1c(-c2ccc(F)cc2)nc2sccn12. The summed E-state index contributed by atoms with van der Waals surface area (Å²) < 4.78 is 22.4. The smallest absolute Gasteiger partial charge is 0.194 e. The number of aromatic nitrogens is 2. The summed E-state index contributed by atoms with van der Waals surface area (Å²) in [5.74, 6) is -0.281. The Morgan fingerprint density at radius 1 is 1.33 bits per heavy atom. The maximum Gasteiger partial charge on any atom is 0.194 e. The number of hydrogen-bond acceptors (Lipinski definition) is 2. The second kappa shape index (κ2) is 3.17. The maximum atomic E-state index is 12.8. The first-order chi connectivity index (χ1) is 7.75. The number of rotatable bonds is 1. The third-order valence-electron chi connectivity index (χ3n) is 2.14. The van der Waals surface area contributed by atoms with Crippen LogP contribution in [-0.4, -0.2) is 9.38 Å². The van der Waals surface area contributed by atoms with Gasteiger partial charge in [-0.3, -0.25) is 4.40 Å². The minimum atomic E-state index is -0.281. The van der Waals surface area contributed by atoms with E-state index < -0.39 is 0 Å². The Bertz CT molecular complexity index is 642. The van der Waals surface area contributed by atoms with Gasteiger partial charge in [0, 0.05) is 23.3 Å². The molecule has 0 unspecified atom stereocenters. The molecular weight excluding hydrogens is 211 g/mol. The van der Waals surface area contributed by atoms with E-state index in [1.54, 1.807) is 16.5 Å². The highest BCUT2D eigenvalue weighted by molar-refractivity contribution is 7.15. The Hall–Kier alpha value is -1.68. The van der Waals surface area contributed by atoms with Crippen molar-refractivity contribution in [3.63, 3.8) is 0 Å². The first-order valence-electron chi connectivity index (χ1n) is 4.94. The van der Waals surface area contributed by atoms with Gasteiger partial charge in [0.25, 0.3) is 0 Å². The normalized spacial score (nSPS) is 11.9. The van der Waals surface area contributed by atoms with E-state index in [0.717, 1.165) is 10.5 Å². The predicted molar refractivity (Wildman–Crippen MR) is 58.5 cm³/mol. The third kappa shape index (κ3) is 1.43. The van der Waals surface area contributed by atoms with E-state index in [-0.39, 0.29) is 5.82 Å². The van der Waals surface area contributed by atoms with Crippen LogP contribution in [0, 0.1) is 5.82 Å². The number of nitrogens with zero attached hydrogens (tertiary/aromatic N) is 2. The lowest BCUT2D eigenvalue weighted by Crippen LogP contribution is -1.77. The molecule has 2 aromatic heterocycles. The largest absolute Gasteiger partial charge is 0.297 e. The first-order valence-corrected chi connectivity index (χ1v) is 5.32. The van der Waals surface area contributed by atoms with Crippen molar-refractivity contribution in [3.8, 4) is 11.3 Å². The van der Waals surface area contributed by atoms with Crippen LogP contribution in [0.2, 0.25) is 0 Å². The Kier molecular flexibility index (Phi) is 1.60. The van der Waals surface area contributed by atoms with Crippen LogP contribution in [0.1, 0.15) is 1.37 Å². The van der Waals surface area contributed by atoms with Crippen LogP contribution in [0.15, 0.2) is 42.0 Å². The summed E-state index contributed by atoms with van der Waals surface area (Å²) in [6.07, 6.45) is 2.14. The Labute approximate surface area is 91.0 Å². The van der Waals surface area contributed by atoms with Gasteiger partial charge in [0.05, 0.1) is 7.06 Å². The summed E-state index contributed by atoms with van der Waals surface area (Å²) in [4.78, 5) is 5.13. The molecule has 1 aromatic carbocycles. The molecule has 2 nitrogen and oxygen atoms in total. The highest BCUT2D eigenvalue weighted by Crippen LogP contribution is 2.21. The quantitative estimate of drug-likeness (QED) is 0.614. The lowest BCUT2D eigenvalue weighted by molar-refractivity contribution is 0.628. The number of imidazole rings is 1. The number of thiazole rings is 1. The van der Waals surface area contributed by atoms with Crippen LogP contribution in [0.4, 0.5) is 4.39 Å². The molecular formula is C11H7FN2S. The highest BCUT2D eigenvalue weighted by atomic mass is 32.1. The number of fused-ring (bicyclic) bond motifs is 1. The molecule has 15 heavy (non-hydrogen) atoms. The molecule has 4 heteroatoms. The van der Waals surface area contributed by atoms with Crippen LogP contribution in [-0.2, 0) is 0 Å². The van der Waals surface area contributed by atoms with Gasteiger partial charge in [0.1, 0.15) is 5.82 Å². The second-order valence-electron chi connectivity index (χ2n) is 3.13. The fourth-order valence-corrected chi connectivity index (χ4v) is 2.08. The zero-order valence-electron chi connectivity index (χ0n) is 8.64. The van der Waals surface area contributed by atoms with Gasteiger partial charge in [-0.2, -0.15) is 0 Å². The molecule has 0 atom stereocenters. The molecule has 0 amide bonds. The second-order valence-corrected chi connectivity index (χ2v) is 4.01. The lowest BCUT2D eigenvalue weighted by Gasteiger charge is -1.94. The Morgan fingerprint density at radius 3 is 2.87 bits per heavy atom. The summed E-state index contributed by atoms with van der Waals surface area (Å²) in [7, 11) is 0. The van der Waals surface area contributed by atoms with Crippen LogP contribution in [0.3, 0.4) is 0 Å². The molecule has 3 aromatic rings. The van der Waals surface area contributed by atoms with Gasteiger partial charge in [-0.1, -0.05) is 0 Å². The molecule has 0 aliphatic carbocycles. The van der Waals surface area contributed by atoms with Crippen LogP contribution in [0.5, 0.6) is 0 Å². The van der Waals surface area contributed by atoms with Gasteiger partial charge in [-0.05, 0) is 24.3 Å². The van der Waals surface area contributed by atoms with Crippen LogP contribution < -0.4 is 0 Å². The first kappa shape index (κ1) is 7.59. The zero-order chi connectivity index (χ0) is 11.1. The summed E-state index contributed by atoms with van der Waals surface area (Å²) in [5.41, 5.74) is 1.36. The lowest BCUT2D eigenvalue weighted by atomic mass is 10.2. The fourth-order valence-electron chi connectivity index (χ4n) is 1.41. The van der Waals surface area contributed by atoms with Crippen LogP contribution in [0.25, 0.3) is 16.2 Å². The fraction of sp³-hybridized carbons (Fsp3) is 0. The van der Waals surface area contributed by atoms with E-state index in [1.807, 2.05) is 11.6 Å². The van der Waals surface area contributed by atoms with Crippen molar-refractivity contribution >= 4 is 16.3 Å². The van der Waals surface area contributed by atoms with Crippen molar-refractivity contribution in [2.75, 3.05) is 0 Å². The van der Waals surface area contributed by atoms with Gasteiger partial charge in [-0.15, -0.1) is 11.3 Å². The molecule has 3 rings (SSSR count). The van der Waals surface area contributed by atoms with Gasteiger partial charge in [0.15, 0.2) is 4.96 Å². The molecule has 0 N–H and O–H groups in total. The molecule has 0 spiro atoms. The topological polar surface area (TPSA) is 17.3 Å². The van der Waals surface area contributed by atoms with E-state index in [2.05, 4.69) is 4.98 Å². The van der Waals surface area contributed by atoms with Gasteiger partial charge in [-0.25, -0.2) is 9.37 Å². The molecule has 0 fully saturated rings. The Morgan fingerprint density at radius 2 is 2.13 bits per heavy atom. The van der Waals surface area contributed by atoms with E-state index in [9.17, 15) is 4.39 Å². The van der Waals surface area contributed by atoms with E-state index in [4.69, 9.17) is 1.37 Å². The van der Waals surface area contributed by atoms with E-state index in [1.165, 1.54) is 23.5 Å². The third-order valence-corrected chi connectivity index (χ3v) is 2.90. The maximum absolute atomic E-state index is 12.8. The van der Waals surface area contributed by atoms with E-state index in [0.29, 0.717) is 11.9 Å². The summed E-state index contributed by atoms with van der Waals surface area (Å²) in [6, 6.07) is 6.03. The predicted octanol–water partition coefficient (Wildman–Crippen LogP) is 3.20. The van der Waals surface area contributed by atoms with Crippen molar-refractivity contribution in [1.82, 2.24) is 9.38 Å². The number of benzene rings is 1. The standard InChI is InChI=1S/C11H7FN2S/c12-9-3-1-8(2-4-9)10-7-14-5-6-15-11(14)13-10/h1-7H/i7D. The van der Waals surface area contributed by atoms with Crippen molar-refractivity contribution in [2.24, 2.45) is 0 Å². The van der Waals surface area contributed by atoms with E-state index >= 15 is 0 Å². The monoisotopic (exact) mass is 219 g/mol. The molecule has 0 saturated carbocycles. The minimum Gasteiger partial charge on any atom is -0.297 e. The number of halogens is 1. The average Bonchev–Trinajstić information content (AvgIpc) is 2.84. The number of hydrogen-bond donors (Lipinski definition) is 0. The summed E-state index contributed by atoms with van der Waals surface area (Å²) in [6.45, 7) is 0. The highest BCUT2D eigenvalue weighted by Gasteiger charge is 2.04. The van der Waals surface area contributed by atoms with Gasteiger partial charge in [0.2, 0.25) is 0 Å². The van der Waals surface area contributed by atoms with Crippen molar-refractivity contribution < 1.29 is 5.76 Å².